The van der Waals surface area contributed by atoms with Crippen LogP contribution in [0.4, 0.5) is 0 Å². The molecule has 0 aromatic rings. The van der Waals surface area contributed by atoms with Gasteiger partial charge in [-0.05, 0) is 0 Å². The normalized spacial score (nSPS) is 7.38. The zero-order valence-corrected chi connectivity index (χ0v) is 11.8. The van der Waals surface area contributed by atoms with Crippen LogP contribution in [0.2, 0.25) is 0 Å². The van der Waals surface area contributed by atoms with Crippen LogP contribution in [0.3, 0.4) is 0 Å². The molecule has 0 atom stereocenters. The minimum atomic E-state index is -5.39. The Labute approximate surface area is 123 Å². The Morgan fingerprint density at radius 1 is 1.12 bits per heavy atom. The van der Waals surface area contributed by atoms with Gasteiger partial charge in [-0.25, -0.2) is 0 Å². The van der Waals surface area contributed by atoms with Crippen LogP contribution in [0.25, 0.3) is 0 Å². The maximum Gasteiger partial charge on any atom is 3.00 e. The molecule has 0 saturated carbocycles. The van der Waals surface area contributed by atoms with Gasteiger partial charge in [0, 0.05) is 0 Å². The van der Waals surface area contributed by atoms with E-state index in [1.165, 1.54) is 0 Å². The van der Waals surface area contributed by atoms with Gasteiger partial charge in [0.25, 0.3) is 0 Å². The summed E-state index contributed by atoms with van der Waals surface area (Å²) >= 11 is 0. The van der Waals surface area contributed by atoms with Crippen molar-refractivity contribution in [2.24, 2.45) is 0 Å². The molecule has 4 nitrogen and oxygen atoms in total. The molecule has 32 valence electrons. The van der Waals surface area contributed by atoms with E-state index < -0.39 is 7.82 Å². The summed E-state index contributed by atoms with van der Waals surface area (Å²) in [6.07, 6.45) is 0. The first kappa shape index (κ1) is 22.5. The maximum absolute atomic E-state index is 8.55. The molecule has 8 heteroatoms. The molecule has 0 amide bonds. The molecule has 0 N–H and O–H groups in total. The Kier molecular flexibility index (Phi) is 28.9. The number of phosphoric acid groups is 1. The van der Waals surface area contributed by atoms with E-state index in [-0.39, 0.29) is 98.3 Å². The van der Waals surface area contributed by atoms with Crippen LogP contribution in [0, 0.1) is 0 Å². The average Bonchev–Trinajstić information content (AvgIpc) is 0.722. The van der Waals surface area contributed by atoms with E-state index in [2.05, 4.69) is 0 Å². The third-order valence-corrected chi connectivity index (χ3v) is 0. The maximum atomic E-state index is 8.55. The van der Waals surface area contributed by atoms with Crippen LogP contribution in [0.1, 0.15) is 0 Å². The van der Waals surface area contributed by atoms with Crippen molar-refractivity contribution in [2.75, 3.05) is 0 Å². The van der Waals surface area contributed by atoms with Crippen molar-refractivity contribution in [3.05, 3.63) is 0 Å². The molecule has 0 bridgehead atoms. The first-order valence-electron chi connectivity index (χ1n) is 0.730. The Hall–Kier alpha value is 3.28. The van der Waals surface area contributed by atoms with E-state index in [1.807, 2.05) is 0 Å². The van der Waals surface area contributed by atoms with Crippen molar-refractivity contribution in [1.82, 2.24) is 0 Å². The Bertz CT molecular complexity index is 62.2. The van der Waals surface area contributed by atoms with Crippen LogP contribution >= 0.6 is 7.82 Å². The quantitative estimate of drug-likeness (QED) is 0.276. The summed E-state index contributed by atoms with van der Waals surface area (Å²) in [7, 11) is -5.39. The van der Waals surface area contributed by atoms with E-state index in [1.54, 1.807) is 0 Å². The summed E-state index contributed by atoms with van der Waals surface area (Å²) in [5, 5.41) is 0. The topological polar surface area (TPSA) is 86.2 Å². The van der Waals surface area contributed by atoms with E-state index in [0.29, 0.717) is 0 Å². The zero-order valence-electron chi connectivity index (χ0n) is 4.66. The second-order valence-corrected chi connectivity index (χ2v) is 1.34. The fourth-order valence-corrected chi connectivity index (χ4v) is 0. The summed E-state index contributed by atoms with van der Waals surface area (Å²) in [5.74, 6) is 0. The third kappa shape index (κ3) is 59.2. The molecule has 0 rings (SSSR count). The predicted octanol–water partition coefficient (Wildman–Crippen LogP) is -9.20. The molecule has 0 heterocycles. The summed E-state index contributed by atoms with van der Waals surface area (Å²) in [4.78, 5) is 25.6. The smallest absolute Gasteiger partial charge is 0.822 e. The Morgan fingerprint density at radius 3 is 1.12 bits per heavy atom. The summed E-state index contributed by atoms with van der Waals surface area (Å²) in [5.41, 5.74) is 0. The van der Waals surface area contributed by atoms with Gasteiger partial charge in [-0.15, -0.1) is 0 Å². The van der Waals surface area contributed by atoms with Crippen LogP contribution in [0.5, 0.6) is 0 Å². The second-order valence-electron chi connectivity index (χ2n) is 0.447. The Morgan fingerprint density at radius 2 is 1.12 bits per heavy atom. The van der Waals surface area contributed by atoms with E-state index in [0.717, 1.165) is 0 Å². The van der Waals surface area contributed by atoms with Crippen molar-refractivity contribution in [3.8, 4) is 0 Å². The van der Waals surface area contributed by atoms with Crippen molar-refractivity contribution < 1.29 is 100 Å². The minimum absolute atomic E-state index is 0. The molecule has 0 aliphatic heterocycles. The van der Waals surface area contributed by atoms with Gasteiger partial charge < -0.3 is 19.2 Å². The van der Waals surface area contributed by atoms with Gasteiger partial charge in [-0.1, -0.05) is 0 Å². The van der Waals surface area contributed by atoms with Crippen LogP contribution < -0.4 is 95.6 Å². The molecule has 0 aromatic carbocycles. The molecule has 0 unspecified atom stereocenters. The number of rotatable bonds is 0. The van der Waals surface area contributed by atoms with Crippen LogP contribution in [-0.4, -0.2) is 17.4 Å². The monoisotopic (exact) mass is 184 g/mol. The Balaban J connectivity index is -0.0000000267. The number of hydrogen-bond donors (Lipinski definition) is 0. The summed E-state index contributed by atoms with van der Waals surface area (Å²) < 4.78 is 8.55. The minimum Gasteiger partial charge on any atom is -0.822 e. The van der Waals surface area contributed by atoms with Crippen molar-refractivity contribution >= 4 is 25.2 Å². The predicted molar refractivity (Wildman–Crippen MR) is 13.4 cm³/mol. The van der Waals surface area contributed by atoms with Crippen molar-refractivity contribution in [3.63, 3.8) is 0 Å². The average molecular weight is 184 g/mol. The zero-order chi connectivity index (χ0) is 4.50. The standard InChI is InChI=1S/Al.K.Na.H3O4P/c;;;1-5(2,3)4/h;;;(H3,1,2,3,4)/q+3;2*+1;/p-3. The molecule has 8 heavy (non-hydrogen) atoms. The van der Waals surface area contributed by atoms with Gasteiger partial charge in [0.1, 0.15) is 0 Å². The van der Waals surface area contributed by atoms with Gasteiger partial charge in [0.2, 0.25) is 0 Å². The van der Waals surface area contributed by atoms with Gasteiger partial charge in [-0.3, -0.25) is 0 Å². The SMILES string of the molecule is O=P([O-])([O-])[O-].[Al+3].[K+].[Na+]. The van der Waals surface area contributed by atoms with E-state index in [9.17, 15) is 0 Å². The first-order chi connectivity index (χ1) is 2.00. The third-order valence-electron chi connectivity index (χ3n) is 0. The summed E-state index contributed by atoms with van der Waals surface area (Å²) in [6, 6.07) is 0. The number of hydrogen-bond acceptors (Lipinski definition) is 4. The molecule has 0 saturated heterocycles. The van der Waals surface area contributed by atoms with Crippen molar-refractivity contribution in [1.29, 1.82) is 0 Å². The molecule has 0 radical (unpaired) electrons. The van der Waals surface area contributed by atoms with Gasteiger partial charge in [0.05, 0.1) is 0 Å². The molecular weight excluding hydrogens is 184 g/mol. The van der Waals surface area contributed by atoms with Gasteiger partial charge >= 0.3 is 98.3 Å². The fourth-order valence-electron chi connectivity index (χ4n) is 0. The molecule has 0 aliphatic rings. The molecule has 0 fully saturated rings. The second kappa shape index (κ2) is 10.3. The van der Waals surface area contributed by atoms with E-state index in [4.69, 9.17) is 19.2 Å². The van der Waals surface area contributed by atoms with Crippen molar-refractivity contribution in [2.45, 2.75) is 0 Å². The molecule has 0 aliphatic carbocycles. The van der Waals surface area contributed by atoms with Crippen LogP contribution in [-0.2, 0) is 4.57 Å². The molecule has 0 aromatic heterocycles. The summed E-state index contributed by atoms with van der Waals surface area (Å²) in [6.45, 7) is 0. The van der Waals surface area contributed by atoms with Gasteiger partial charge in [0.15, 0.2) is 0 Å². The first-order valence-corrected chi connectivity index (χ1v) is 2.19. The molecular formula is AlKNaO4P+2. The fraction of sp³-hybridized carbons (Fsp3) is 0. The van der Waals surface area contributed by atoms with E-state index >= 15 is 0 Å². The van der Waals surface area contributed by atoms with Gasteiger partial charge in [-0.2, -0.15) is 7.82 Å². The largest absolute Gasteiger partial charge is 3.00 e. The molecule has 0 spiro atoms. The van der Waals surface area contributed by atoms with Crippen LogP contribution in [0.15, 0.2) is 0 Å².